The molecule has 19 heavy (non-hydrogen) atoms. The third-order valence-electron chi connectivity index (χ3n) is 3.58. The van der Waals surface area contributed by atoms with Crippen LogP contribution in [-0.4, -0.2) is 20.6 Å². The van der Waals surface area contributed by atoms with Crippen molar-refractivity contribution in [2.24, 2.45) is 0 Å². The normalized spacial score (nSPS) is 16.1. The summed E-state index contributed by atoms with van der Waals surface area (Å²) in [7, 11) is 0. The number of aromatic nitrogens is 3. The summed E-state index contributed by atoms with van der Waals surface area (Å²) in [4.78, 5) is 9.13. The first-order valence-corrected chi connectivity index (χ1v) is 7.80. The van der Waals surface area contributed by atoms with Crippen LogP contribution >= 0.6 is 11.3 Å². The van der Waals surface area contributed by atoms with Gasteiger partial charge in [-0.25, -0.2) is 9.97 Å². The second-order valence-corrected chi connectivity index (χ2v) is 6.38. The molecule has 1 fully saturated rings. The Morgan fingerprint density at radius 2 is 2.11 bits per heavy atom. The molecule has 1 saturated carbocycles. The van der Waals surface area contributed by atoms with Crippen LogP contribution < -0.4 is 5.32 Å². The van der Waals surface area contributed by atoms with Gasteiger partial charge in [-0.1, -0.05) is 12.8 Å². The summed E-state index contributed by atoms with van der Waals surface area (Å²) in [5.74, 6) is 0.995. The number of hydrogen-bond donors (Lipinski definition) is 1. The number of nitrogens with zero attached hydrogens (tertiary/aromatic N) is 3. The molecule has 2 heterocycles. The highest BCUT2D eigenvalue weighted by molar-refractivity contribution is 7.09. The Morgan fingerprint density at radius 3 is 2.79 bits per heavy atom. The molecule has 0 aliphatic heterocycles. The summed E-state index contributed by atoms with van der Waals surface area (Å²) in [6, 6.07) is 0.595. The molecule has 2 aromatic heterocycles. The van der Waals surface area contributed by atoms with Crippen molar-refractivity contribution >= 4 is 17.3 Å². The van der Waals surface area contributed by atoms with Crippen molar-refractivity contribution in [1.29, 1.82) is 0 Å². The summed E-state index contributed by atoms with van der Waals surface area (Å²) in [5, 5.41) is 6.84. The molecule has 1 aliphatic carbocycles. The number of thiazole rings is 1. The van der Waals surface area contributed by atoms with Gasteiger partial charge in [0.15, 0.2) is 0 Å². The largest absolute Gasteiger partial charge is 0.353 e. The zero-order valence-electron chi connectivity index (χ0n) is 11.5. The SMILES string of the molecule is Cc1cn(Cc2csc(C)n2)c(NC2CCCC2)n1. The Balaban J connectivity index is 1.76. The second-order valence-electron chi connectivity index (χ2n) is 5.32. The van der Waals surface area contributed by atoms with E-state index < -0.39 is 0 Å². The third-order valence-corrected chi connectivity index (χ3v) is 4.41. The van der Waals surface area contributed by atoms with Crippen LogP contribution in [0.1, 0.15) is 42.1 Å². The smallest absolute Gasteiger partial charge is 0.203 e. The predicted molar refractivity (Wildman–Crippen MR) is 78.8 cm³/mol. The predicted octanol–water partition coefficient (Wildman–Crippen LogP) is 3.36. The van der Waals surface area contributed by atoms with E-state index in [-0.39, 0.29) is 0 Å². The number of anilines is 1. The molecule has 4 nitrogen and oxygen atoms in total. The Bertz CT molecular complexity index is 552. The van der Waals surface area contributed by atoms with Crippen molar-refractivity contribution in [3.8, 4) is 0 Å². The number of rotatable bonds is 4. The van der Waals surface area contributed by atoms with E-state index in [4.69, 9.17) is 0 Å². The molecule has 2 aromatic rings. The lowest BCUT2D eigenvalue weighted by Gasteiger charge is -2.14. The van der Waals surface area contributed by atoms with Gasteiger partial charge in [0.1, 0.15) is 0 Å². The van der Waals surface area contributed by atoms with Gasteiger partial charge < -0.3 is 9.88 Å². The van der Waals surface area contributed by atoms with Crippen molar-refractivity contribution in [1.82, 2.24) is 14.5 Å². The molecule has 0 atom stereocenters. The van der Waals surface area contributed by atoms with Gasteiger partial charge in [0, 0.05) is 17.6 Å². The van der Waals surface area contributed by atoms with E-state index in [0.717, 1.165) is 28.9 Å². The quantitative estimate of drug-likeness (QED) is 0.931. The highest BCUT2D eigenvalue weighted by atomic mass is 32.1. The van der Waals surface area contributed by atoms with Crippen molar-refractivity contribution in [3.05, 3.63) is 28.0 Å². The van der Waals surface area contributed by atoms with Crippen molar-refractivity contribution < 1.29 is 0 Å². The lowest BCUT2D eigenvalue weighted by Crippen LogP contribution is -2.18. The molecule has 0 amide bonds. The van der Waals surface area contributed by atoms with Gasteiger partial charge in [-0.3, -0.25) is 0 Å². The average Bonchev–Trinajstić information content (AvgIpc) is 3.05. The molecule has 0 spiro atoms. The summed E-state index contributed by atoms with van der Waals surface area (Å²) in [6.07, 6.45) is 7.31. The highest BCUT2D eigenvalue weighted by Gasteiger charge is 2.17. The molecule has 102 valence electrons. The fraction of sp³-hybridized carbons (Fsp3) is 0.571. The molecule has 3 rings (SSSR count). The van der Waals surface area contributed by atoms with Gasteiger partial charge >= 0.3 is 0 Å². The second kappa shape index (κ2) is 5.33. The fourth-order valence-electron chi connectivity index (χ4n) is 2.69. The van der Waals surface area contributed by atoms with E-state index in [1.807, 2.05) is 13.8 Å². The van der Waals surface area contributed by atoms with Gasteiger partial charge in [0.05, 0.1) is 22.9 Å². The zero-order chi connectivity index (χ0) is 13.2. The lowest BCUT2D eigenvalue weighted by atomic mass is 10.2. The molecule has 0 unspecified atom stereocenters. The summed E-state index contributed by atoms with van der Waals surface area (Å²) in [5.41, 5.74) is 2.18. The Hall–Kier alpha value is -1.36. The van der Waals surface area contributed by atoms with E-state index in [0.29, 0.717) is 6.04 Å². The summed E-state index contributed by atoms with van der Waals surface area (Å²) in [6.45, 7) is 4.90. The molecule has 0 saturated heterocycles. The standard InChI is InChI=1S/C14H20N4S/c1-10-7-18(8-13-9-19-11(2)16-13)14(15-10)17-12-5-3-4-6-12/h7,9,12H,3-6,8H2,1-2H3,(H,15,17). The number of nitrogens with one attached hydrogen (secondary N) is 1. The molecular weight excluding hydrogens is 256 g/mol. The summed E-state index contributed by atoms with van der Waals surface area (Å²) < 4.78 is 2.18. The minimum atomic E-state index is 0.595. The van der Waals surface area contributed by atoms with Gasteiger partial charge in [0.25, 0.3) is 0 Å². The Labute approximate surface area is 117 Å². The van der Waals surface area contributed by atoms with Crippen molar-refractivity contribution in [2.75, 3.05) is 5.32 Å². The van der Waals surface area contributed by atoms with Crippen molar-refractivity contribution in [2.45, 2.75) is 52.1 Å². The van der Waals surface area contributed by atoms with Crippen LogP contribution in [0.4, 0.5) is 5.95 Å². The monoisotopic (exact) mass is 276 g/mol. The topological polar surface area (TPSA) is 42.7 Å². The number of aryl methyl sites for hydroxylation is 2. The average molecular weight is 276 g/mol. The van der Waals surface area contributed by atoms with Gasteiger partial charge in [0.2, 0.25) is 5.95 Å². The minimum Gasteiger partial charge on any atom is -0.353 e. The first-order valence-electron chi connectivity index (χ1n) is 6.92. The zero-order valence-corrected chi connectivity index (χ0v) is 12.3. The lowest BCUT2D eigenvalue weighted by molar-refractivity contribution is 0.711. The maximum absolute atomic E-state index is 4.60. The summed E-state index contributed by atoms with van der Waals surface area (Å²) >= 11 is 1.70. The van der Waals surface area contributed by atoms with Crippen LogP contribution in [0.3, 0.4) is 0 Å². The maximum atomic E-state index is 4.60. The van der Waals surface area contributed by atoms with Gasteiger partial charge in [-0.05, 0) is 26.7 Å². The van der Waals surface area contributed by atoms with Crippen LogP contribution in [0.2, 0.25) is 0 Å². The molecule has 0 radical (unpaired) electrons. The van der Waals surface area contributed by atoms with E-state index in [9.17, 15) is 0 Å². The van der Waals surface area contributed by atoms with Gasteiger partial charge in [-0.15, -0.1) is 11.3 Å². The van der Waals surface area contributed by atoms with Crippen LogP contribution in [0.25, 0.3) is 0 Å². The van der Waals surface area contributed by atoms with Crippen LogP contribution in [-0.2, 0) is 6.54 Å². The molecule has 0 aromatic carbocycles. The first kappa shape index (κ1) is 12.7. The van der Waals surface area contributed by atoms with E-state index in [1.54, 1.807) is 11.3 Å². The number of hydrogen-bond acceptors (Lipinski definition) is 4. The van der Waals surface area contributed by atoms with Gasteiger partial charge in [-0.2, -0.15) is 0 Å². The van der Waals surface area contributed by atoms with Crippen LogP contribution in [0.15, 0.2) is 11.6 Å². The van der Waals surface area contributed by atoms with Crippen molar-refractivity contribution in [3.63, 3.8) is 0 Å². The minimum absolute atomic E-state index is 0.595. The van der Waals surface area contributed by atoms with E-state index in [1.165, 1.54) is 25.7 Å². The first-order chi connectivity index (χ1) is 9.20. The molecular formula is C14H20N4S. The number of imidazole rings is 1. The molecule has 1 N–H and O–H groups in total. The maximum Gasteiger partial charge on any atom is 0.203 e. The van der Waals surface area contributed by atoms with E-state index >= 15 is 0 Å². The Kier molecular flexibility index (Phi) is 3.55. The fourth-order valence-corrected chi connectivity index (χ4v) is 3.29. The van der Waals surface area contributed by atoms with Crippen LogP contribution in [0, 0.1) is 13.8 Å². The third kappa shape index (κ3) is 2.97. The highest BCUT2D eigenvalue weighted by Crippen LogP contribution is 2.22. The van der Waals surface area contributed by atoms with E-state index in [2.05, 4.69) is 31.4 Å². The molecule has 5 heteroatoms. The Morgan fingerprint density at radius 1 is 1.32 bits per heavy atom. The van der Waals surface area contributed by atoms with Crippen LogP contribution in [0.5, 0.6) is 0 Å². The molecule has 0 bridgehead atoms. The molecule has 1 aliphatic rings.